The molecule has 100 valence electrons. The highest BCUT2D eigenvalue weighted by Crippen LogP contribution is 2.34. The second-order valence-corrected chi connectivity index (χ2v) is 5.33. The number of alkyl halides is 4. The summed E-state index contributed by atoms with van der Waals surface area (Å²) in [6, 6.07) is 5.32. The summed E-state index contributed by atoms with van der Waals surface area (Å²) in [4.78, 5) is 0. The number of hydrogen-bond donors (Lipinski definition) is 0. The summed E-state index contributed by atoms with van der Waals surface area (Å²) in [7, 11) is 0. The van der Waals surface area contributed by atoms with Gasteiger partial charge < -0.3 is 4.74 Å². The van der Waals surface area contributed by atoms with Gasteiger partial charge in [0.1, 0.15) is 0 Å². The molecule has 1 aliphatic heterocycles. The fourth-order valence-electron chi connectivity index (χ4n) is 2.14. The molecule has 2 atom stereocenters. The molecule has 2 rings (SSSR count). The van der Waals surface area contributed by atoms with Gasteiger partial charge in [0.2, 0.25) is 0 Å². The average molecular weight is 370 g/mol. The lowest BCUT2D eigenvalue weighted by molar-refractivity contribution is -0.137. The molecule has 0 amide bonds. The van der Waals surface area contributed by atoms with Crippen LogP contribution in [0.25, 0.3) is 0 Å². The minimum atomic E-state index is -4.27. The van der Waals surface area contributed by atoms with Gasteiger partial charge in [-0.15, -0.1) is 0 Å². The Morgan fingerprint density at radius 2 is 1.83 bits per heavy atom. The Morgan fingerprint density at radius 1 is 1.17 bits per heavy atom. The van der Waals surface area contributed by atoms with Crippen molar-refractivity contribution in [3.05, 3.63) is 35.4 Å². The van der Waals surface area contributed by atoms with Crippen LogP contribution in [0.2, 0.25) is 0 Å². The smallest absolute Gasteiger partial charge is 0.370 e. The summed E-state index contributed by atoms with van der Waals surface area (Å²) in [6.45, 7) is 0. The first-order valence-electron chi connectivity index (χ1n) is 5.89. The Morgan fingerprint density at radius 3 is 2.39 bits per heavy atom. The van der Waals surface area contributed by atoms with Crippen molar-refractivity contribution in [3.8, 4) is 0 Å². The van der Waals surface area contributed by atoms with Gasteiger partial charge in [-0.25, -0.2) is 0 Å². The molecule has 0 radical (unpaired) electrons. The molecule has 1 fully saturated rings. The van der Waals surface area contributed by atoms with E-state index in [2.05, 4.69) is 22.6 Å². The van der Waals surface area contributed by atoms with Crippen LogP contribution < -0.4 is 0 Å². The lowest BCUT2D eigenvalue weighted by atomic mass is 9.98. The van der Waals surface area contributed by atoms with Crippen molar-refractivity contribution < 1.29 is 17.9 Å². The van der Waals surface area contributed by atoms with Gasteiger partial charge in [-0.2, -0.15) is 13.2 Å². The molecule has 1 aromatic rings. The van der Waals surface area contributed by atoms with Crippen LogP contribution in [0.3, 0.4) is 0 Å². The van der Waals surface area contributed by atoms with Gasteiger partial charge in [0.15, 0.2) is 0 Å². The highest BCUT2D eigenvalue weighted by atomic mass is 127. The molecule has 0 spiro atoms. The minimum absolute atomic E-state index is 0.0548. The molecule has 0 unspecified atom stereocenters. The molecule has 0 bridgehead atoms. The zero-order valence-electron chi connectivity index (χ0n) is 9.71. The molecule has 18 heavy (non-hydrogen) atoms. The third-order valence-corrected chi connectivity index (χ3v) is 4.11. The molecule has 5 heteroatoms. The average Bonchev–Trinajstić information content (AvgIpc) is 2.38. The lowest BCUT2D eigenvalue weighted by Gasteiger charge is -2.29. The Labute approximate surface area is 118 Å². The maximum Gasteiger partial charge on any atom is 0.416 e. The molecular weight excluding hydrogens is 356 g/mol. The monoisotopic (exact) mass is 370 g/mol. The predicted octanol–water partition coefficient (Wildman–Crippen LogP) is 4.75. The van der Waals surface area contributed by atoms with E-state index in [1.807, 2.05) is 0 Å². The zero-order valence-corrected chi connectivity index (χ0v) is 11.9. The van der Waals surface area contributed by atoms with Crippen molar-refractivity contribution in [3.63, 3.8) is 0 Å². The van der Waals surface area contributed by atoms with Gasteiger partial charge in [0, 0.05) is 4.43 Å². The van der Waals surface area contributed by atoms with Crippen molar-refractivity contribution in [2.45, 2.75) is 37.6 Å². The van der Waals surface area contributed by atoms with E-state index >= 15 is 0 Å². The summed E-state index contributed by atoms with van der Waals surface area (Å²) < 4.78 is 44.1. The summed E-state index contributed by atoms with van der Waals surface area (Å²) in [6.07, 6.45) is -1.10. The van der Waals surface area contributed by atoms with E-state index in [9.17, 15) is 13.2 Å². The molecule has 1 saturated heterocycles. The van der Waals surface area contributed by atoms with Gasteiger partial charge >= 0.3 is 6.18 Å². The lowest BCUT2D eigenvalue weighted by Crippen LogP contribution is -2.23. The van der Waals surface area contributed by atoms with Crippen molar-refractivity contribution in [2.24, 2.45) is 0 Å². The summed E-state index contributed by atoms with van der Waals surface area (Å²) in [5.41, 5.74) is 0.241. The first-order chi connectivity index (χ1) is 8.50. The number of rotatable bonds is 2. The second-order valence-electron chi connectivity index (χ2n) is 4.45. The van der Waals surface area contributed by atoms with Crippen molar-refractivity contribution in [1.82, 2.24) is 0 Å². The summed E-state index contributed by atoms with van der Waals surface area (Å²) >= 11 is 2.28. The van der Waals surface area contributed by atoms with Crippen molar-refractivity contribution >= 4 is 22.6 Å². The van der Waals surface area contributed by atoms with Crippen LogP contribution in [0.1, 0.15) is 36.5 Å². The summed E-state index contributed by atoms with van der Waals surface area (Å²) in [5.74, 6) is 0. The number of benzene rings is 1. The number of halogens is 4. The zero-order chi connectivity index (χ0) is 13.2. The maximum absolute atomic E-state index is 12.4. The van der Waals surface area contributed by atoms with Gasteiger partial charge in [-0.3, -0.25) is 0 Å². The second kappa shape index (κ2) is 5.77. The first-order valence-corrected chi connectivity index (χ1v) is 7.42. The molecule has 1 aliphatic rings. The van der Waals surface area contributed by atoms with Gasteiger partial charge in [-0.05, 0) is 37.0 Å². The SMILES string of the molecule is FC(F)(F)c1ccc([C@@H]2CCC[C@H](CI)O2)cc1. The van der Waals surface area contributed by atoms with Crippen LogP contribution in [-0.4, -0.2) is 10.5 Å². The Hall–Kier alpha value is -0.300. The van der Waals surface area contributed by atoms with E-state index in [1.54, 1.807) is 0 Å². The molecule has 0 saturated carbocycles. The van der Waals surface area contributed by atoms with Crippen LogP contribution in [0.5, 0.6) is 0 Å². The van der Waals surface area contributed by atoms with Gasteiger partial charge in [-0.1, -0.05) is 34.7 Å². The highest BCUT2D eigenvalue weighted by Gasteiger charge is 2.30. The van der Waals surface area contributed by atoms with Crippen LogP contribution in [0.4, 0.5) is 13.2 Å². The van der Waals surface area contributed by atoms with E-state index in [-0.39, 0.29) is 12.2 Å². The molecule has 0 aromatic heterocycles. The Kier molecular flexibility index (Phi) is 4.53. The van der Waals surface area contributed by atoms with Crippen LogP contribution in [0.15, 0.2) is 24.3 Å². The Balaban J connectivity index is 2.09. The van der Waals surface area contributed by atoms with E-state index < -0.39 is 11.7 Å². The van der Waals surface area contributed by atoms with Crippen LogP contribution in [0, 0.1) is 0 Å². The normalized spacial score (nSPS) is 25.1. The fourth-order valence-corrected chi connectivity index (χ4v) is 2.79. The molecule has 0 N–H and O–H groups in total. The predicted molar refractivity (Wildman–Crippen MR) is 71.8 cm³/mol. The molecular formula is C13H14F3IO. The third-order valence-electron chi connectivity index (χ3n) is 3.13. The first kappa shape index (κ1) is 14.1. The maximum atomic E-state index is 12.4. The quantitative estimate of drug-likeness (QED) is 0.539. The standard InChI is InChI=1S/C13H14F3IO/c14-13(15,16)10-6-4-9(5-7-10)12-3-1-2-11(8-17)18-12/h4-7,11-12H,1-3,8H2/t11-,12+/m1/s1. The van der Waals surface area contributed by atoms with Crippen molar-refractivity contribution in [2.75, 3.05) is 4.43 Å². The van der Waals surface area contributed by atoms with Crippen molar-refractivity contribution in [1.29, 1.82) is 0 Å². The van der Waals surface area contributed by atoms with Crippen LogP contribution >= 0.6 is 22.6 Å². The molecule has 1 aromatic carbocycles. The number of hydrogen-bond acceptors (Lipinski definition) is 1. The van der Waals surface area contributed by atoms with E-state index in [1.165, 1.54) is 12.1 Å². The molecule has 1 heterocycles. The summed E-state index contributed by atoms with van der Waals surface area (Å²) in [5, 5.41) is 0. The highest BCUT2D eigenvalue weighted by molar-refractivity contribution is 14.1. The van der Waals surface area contributed by atoms with Gasteiger partial charge in [0.05, 0.1) is 17.8 Å². The topological polar surface area (TPSA) is 9.23 Å². The van der Waals surface area contributed by atoms with E-state index in [0.717, 1.165) is 41.4 Å². The van der Waals surface area contributed by atoms with E-state index in [0.29, 0.717) is 0 Å². The minimum Gasteiger partial charge on any atom is -0.370 e. The largest absolute Gasteiger partial charge is 0.416 e. The molecule has 1 nitrogen and oxygen atoms in total. The van der Waals surface area contributed by atoms with E-state index in [4.69, 9.17) is 4.74 Å². The fraction of sp³-hybridized carbons (Fsp3) is 0.538. The molecule has 0 aliphatic carbocycles. The third kappa shape index (κ3) is 3.38. The van der Waals surface area contributed by atoms with Gasteiger partial charge in [0.25, 0.3) is 0 Å². The number of ether oxygens (including phenoxy) is 1. The Bertz CT molecular complexity index is 388. The van der Waals surface area contributed by atoms with Crippen LogP contribution in [-0.2, 0) is 10.9 Å².